The first kappa shape index (κ1) is 17.3. The molecule has 2 aliphatic rings. The number of piperidine rings is 1. The Hall–Kier alpha value is -2.09. The maximum absolute atomic E-state index is 13.2. The number of nitrogens with zero attached hydrogens (tertiary/aromatic N) is 2. The van der Waals surface area contributed by atoms with Crippen LogP contribution in [0.25, 0.3) is 0 Å². The van der Waals surface area contributed by atoms with Crippen LogP contribution in [0.4, 0.5) is 4.39 Å². The first-order chi connectivity index (χ1) is 12.7. The highest BCUT2D eigenvalue weighted by Crippen LogP contribution is 2.29. The molecule has 26 heavy (non-hydrogen) atoms. The molecule has 0 saturated carbocycles. The normalized spacial score (nSPS) is 26.9. The van der Waals surface area contributed by atoms with E-state index in [2.05, 4.69) is 25.7 Å². The highest BCUT2D eigenvalue weighted by Gasteiger charge is 2.32. The monoisotopic (exact) mass is 357 g/mol. The van der Waals surface area contributed by atoms with Gasteiger partial charge in [0.25, 0.3) is 5.56 Å². The van der Waals surface area contributed by atoms with Gasteiger partial charge >= 0.3 is 0 Å². The molecule has 4 rings (SSSR count). The lowest BCUT2D eigenvalue weighted by Gasteiger charge is -2.35. The summed E-state index contributed by atoms with van der Waals surface area (Å²) in [6, 6.07) is 8.53. The zero-order valence-electron chi connectivity index (χ0n) is 14.6. The molecule has 1 aromatic carbocycles. The maximum Gasteiger partial charge on any atom is 0.250 e. The molecule has 0 amide bonds. The molecular formula is C19H24FN5O. The molecule has 2 fully saturated rings. The summed E-state index contributed by atoms with van der Waals surface area (Å²) < 4.78 is 13.2. The number of hydrogen-bond donors (Lipinski definition) is 3. The summed E-state index contributed by atoms with van der Waals surface area (Å²) in [5, 5.41) is 0. The van der Waals surface area contributed by atoms with Crippen molar-refractivity contribution in [1.82, 2.24) is 25.7 Å². The lowest BCUT2D eigenvalue weighted by Crippen LogP contribution is -2.39. The average molecular weight is 357 g/mol. The van der Waals surface area contributed by atoms with E-state index >= 15 is 0 Å². The van der Waals surface area contributed by atoms with Gasteiger partial charge in [-0.3, -0.25) is 10.2 Å². The van der Waals surface area contributed by atoms with Crippen molar-refractivity contribution in [2.24, 2.45) is 5.92 Å². The number of benzene rings is 1. The quantitative estimate of drug-likeness (QED) is 0.774. The van der Waals surface area contributed by atoms with Crippen LogP contribution in [-0.4, -0.2) is 41.0 Å². The van der Waals surface area contributed by atoms with Gasteiger partial charge in [-0.05, 0) is 37.1 Å². The second kappa shape index (κ2) is 7.65. The van der Waals surface area contributed by atoms with Crippen molar-refractivity contribution in [2.45, 2.75) is 24.8 Å². The van der Waals surface area contributed by atoms with Crippen molar-refractivity contribution in [3.8, 4) is 0 Å². The van der Waals surface area contributed by atoms with E-state index in [1.165, 1.54) is 18.5 Å². The fraction of sp³-hybridized carbons (Fsp3) is 0.474. The third kappa shape index (κ3) is 3.85. The molecule has 3 atom stereocenters. The minimum Gasteiger partial charge on any atom is -0.313 e. The number of H-pyrrole nitrogens is 1. The summed E-state index contributed by atoms with van der Waals surface area (Å²) in [6.45, 7) is 3.82. The third-order valence-corrected chi connectivity index (χ3v) is 5.44. The van der Waals surface area contributed by atoms with Gasteiger partial charge in [0.15, 0.2) is 0 Å². The Morgan fingerprint density at radius 2 is 2.12 bits per heavy atom. The molecule has 6 nitrogen and oxygen atoms in total. The maximum atomic E-state index is 13.2. The van der Waals surface area contributed by atoms with Gasteiger partial charge in [0.05, 0.1) is 18.1 Å². The molecule has 0 spiro atoms. The summed E-state index contributed by atoms with van der Waals surface area (Å²) in [6.07, 6.45) is 3.66. The van der Waals surface area contributed by atoms with Crippen LogP contribution in [0.5, 0.6) is 0 Å². The summed E-state index contributed by atoms with van der Waals surface area (Å²) in [7, 11) is 0. The molecule has 1 aromatic heterocycles. The Bertz CT molecular complexity index is 793. The molecule has 0 radical (unpaired) electrons. The van der Waals surface area contributed by atoms with E-state index in [4.69, 9.17) is 0 Å². The first-order valence-electron chi connectivity index (χ1n) is 9.20. The Morgan fingerprint density at radius 3 is 2.92 bits per heavy atom. The largest absolute Gasteiger partial charge is 0.313 e. The molecule has 2 aromatic rings. The van der Waals surface area contributed by atoms with E-state index in [1.807, 2.05) is 12.1 Å². The molecule has 2 saturated heterocycles. The van der Waals surface area contributed by atoms with E-state index in [-0.39, 0.29) is 17.4 Å². The summed E-state index contributed by atoms with van der Waals surface area (Å²) >= 11 is 0. The number of likely N-dealkylation sites (tertiary alicyclic amines) is 1. The summed E-state index contributed by atoms with van der Waals surface area (Å²) in [5.74, 6) is 0.504. The number of nitrogens with one attached hydrogen (secondary N) is 3. The predicted octanol–water partition coefficient (Wildman–Crippen LogP) is 1.55. The minimum absolute atomic E-state index is 0.0901. The van der Waals surface area contributed by atoms with E-state index in [0.29, 0.717) is 11.8 Å². The second-order valence-electron chi connectivity index (χ2n) is 7.25. The Labute approximate surface area is 151 Å². The number of rotatable bonds is 4. The topological polar surface area (TPSA) is 73.1 Å². The van der Waals surface area contributed by atoms with Crippen molar-refractivity contribution in [1.29, 1.82) is 0 Å². The lowest BCUT2D eigenvalue weighted by molar-refractivity contribution is 0.174. The standard InChI is InChI=1S/C19H24FN5O/c20-16-5-3-13(4-6-16)19-15(9-23-24-19)11-25-7-1-2-14(10-25)17-8-18(26)22-12-21-17/h3-6,8,12,14-15,19,23-24H,1-2,7,9-11H2,(H,21,22,26). The first-order valence-corrected chi connectivity index (χ1v) is 9.20. The zero-order valence-corrected chi connectivity index (χ0v) is 14.6. The van der Waals surface area contributed by atoms with E-state index in [0.717, 1.165) is 50.3 Å². The van der Waals surface area contributed by atoms with E-state index in [1.54, 1.807) is 6.07 Å². The van der Waals surface area contributed by atoms with Gasteiger partial charge in [-0.15, -0.1) is 0 Å². The Balaban J connectivity index is 1.42. The molecular weight excluding hydrogens is 333 g/mol. The van der Waals surface area contributed by atoms with Crippen LogP contribution < -0.4 is 16.4 Å². The molecule has 3 N–H and O–H groups in total. The van der Waals surface area contributed by atoms with Crippen LogP contribution in [-0.2, 0) is 0 Å². The van der Waals surface area contributed by atoms with Gasteiger partial charge in [0.1, 0.15) is 5.82 Å². The molecule has 2 aliphatic heterocycles. The molecule has 7 heteroatoms. The van der Waals surface area contributed by atoms with Crippen LogP contribution in [0.1, 0.15) is 36.1 Å². The average Bonchev–Trinajstić information content (AvgIpc) is 3.11. The van der Waals surface area contributed by atoms with Crippen LogP contribution >= 0.6 is 0 Å². The number of hydrazine groups is 1. The number of hydrogen-bond acceptors (Lipinski definition) is 5. The second-order valence-corrected chi connectivity index (χ2v) is 7.25. The van der Waals surface area contributed by atoms with Crippen molar-refractivity contribution in [3.05, 3.63) is 64.1 Å². The van der Waals surface area contributed by atoms with Gasteiger partial charge in [-0.2, -0.15) is 0 Å². The highest BCUT2D eigenvalue weighted by molar-refractivity contribution is 5.21. The fourth-order valence-corrected chi connectivity index (χ4v) is 4.13. The van der Waals surface area contributed by atoms with Crippen LogP contribution in [0.3, 0.4) is 0 Å². The smallest absolute Gasteiger partial charge is 0.250 e. The number of halogens is 1. The molecule has 138 valence electrons. The van der Waals surface area contributed by atoms with Gasteiger partial charge in [-0.25, -0.2) is 14.8 Å². The minimum atomic E-state index is -0.208. The Kier molecular flexibility index (Phi) is 5.10. The van der Waals surface area contributed by atoms with E-state index < -0.39 is 0 Å². The highest BCUT2D eigenvalue weighted by atomic mass is 19.1. The van der Waals surface area contributed by atoms with Crippen molar-refractivity contribution >= 4 is 0 Å². The fourth-order valence-electron chi connectivity index (χ4n) is 4.13. The SMILES string of the molecule is O=c1cc(C2CCCN(CC3CNNC3c3ccc(F)cc3)C2)nc[nH]1. The van der Waals surface area contributed by atoms with Crippen molar-refractivity contribution in [2.75, 3.05) is 26.2 Å². The van der Waals surface area contributed by atoms with Gasteiger partial charge in [0.2, 0.25) is 0 Å². The molecule has 3 unspecified atom stereocenters. The predicted molar refractivity (Wildman–Crippen MR) is 97.0 cm³/mol. The number of aromatic nitrogens is 2. The zero-order chi connectivity index (χ0) is 17.9. The molecule has 0 bridgehead atoms. The van der Waals surface area contributed by atoms with Crippen molar-refractivity contribution in [3.63, 3.8) is 0 Å². The molecule has 0 aliphatic carbocycles. The molecule has 3 heterocycles. The summed E-state index contributed by atoms with van der Waals surface area (Å²) in [5.41, 5.74) is 8.47. The van der Waals surface area contributed by atoms with Gasteiger partial charge < -0.3 is 9.88 Å². The van der Waals surface area contributed by atoms with E-state index in [9.17, 15) is 9.18 Å². The number of aromatic amines is 1. The van der Waals surface area contributed by atoms with Crippen LogP contribution in [0.15, 0.2) is 41.5 Å². The Morgan fingerprint density at radius 1 is 1.27 bits per heavy atom. The van der Waals surface area contributed by atoms with Crippen LogP contribution in [0.2, 0.25) is 0 Å². The van der Waals surface area contributed by atoms with Crippen molar-refractivity contribution < 1.29 is 4.39 Å². The van der Waals surface area contributed by atoms with Gasteiger partial charge in [-0.1, -0.05) is 12.1 Å². The van der Waals surface area contributed by atoms with Gasteiger partial charge in [0, 0.05) is 37.5 Å². The lowest BCUT2D eigenvalue weighted by atomic mass is 9.91. The van der Waals surface area contributed by atoms with Crippen LogP contribution in [0, 0.1) is 11.7 Å². The third-order valence-electron chi connectivity index (χ3n) is 5.44. The summed E-state index contributed by atoms with van der Waals surface area (Å²) in [4.78, 5) is 21.0.